The SMILES string of the molecule is CCNC(CN1CCOC2CCCCC21)C1CCCC1. The zero-order chi connectivity index (χ0) is 13.8. The van der Waals surface area contributed by atoms with Gasteiger partial charge in [-0.1, -0.05) is 32.6 Å². The summed E-state index contributed by atoms with van der Waals surface area (Å²) in [5, 5.41) is 3.78. The maximum Gasteiger partial charge on any atom is 0.0730 e. The predicted molar refractivity (Wildman–Crippen MR) is 83.0 cm³/mol. The molecule has 3 atom stereocenters. The van der Waals surface area contributed by atoms with E-state index in [-0.39, 0.29) is 0 Å². The summed E-state index contributed by atoms with van der Waals surface area (Å²) in [5.74, 6) is 0.917. The molecule has 0 aromatic rings. The fourth-order valence-corrected chi connectivity index (χ4v) is 4.66. The lowest BCUT2D eigenvalue weighted by atomic mass is 9.89. The van der Waals surface area contributed by atoms with Gasteiger partial charge in [0.15, 0.2) is 0 Å². The van der Waals surface area contributed by atoms with Crippen molar-refractivity contribution in [2.75, 3.05) is 26.2 Å². The highest BCUT2D eigenvalue weighted by molar-refractivity contribution is 4.91. The largest absolute Gasteiger partial charge is 0.375 e. The maximum absolute atomic E-state index is 6.02. The Balaban J connectivity index is 1.60. The number of fused-ring (bicyclic) bond motifs is 1. The van der Waals surface area contributed by atoms with Crippen LogP contribution in [0.15, 0.2) is 0 Å². The second-order valence-corrected chi connectivity index (χ2v) is 6.96. The number of nitrogens with zero attached hydrogens (tertiary/aromatic N) is 1. The minimum Gasteiger partial charge on any atom is -0.375 e. The molecule has 2 aliphatic carbocycles. The van der Waals surface area contributed by atoms with E-state index in [0.29, 0.717) is 18.2 Å². The van der Waals surface area contributed by atoms with Crippen LogP contribution < -0.4 is 5.32 Å². The van der Waals surface area contributed by atoms with Crippen molar-refractivity contribution in [3.63, 3.8) is 0 Å². The summed E-state index contributed by atoms with van der Waals surface area (Å²) in [6.07, 6.45) is 11.7. The molecule has 0 radical (unpaired) electrons. The molecule has 116 valence electrons. The number of hydrogen-bond donors (Lipinski definition) is 1. The monoisotopic (exact) mass is 280 g/mol. The van der Waals surface area contributed by atoms with Crippen molar-refractivity contribution in [2.45, 2.75) is 76.5 Å². The summed E-state index contributed by atoms with van der Waals surface area (Å²) in [7, 11) is 0. The van der Waals surface area contributed by atoms with Gasteiger partial charge >= 0.3 is 0 Å². The van der Waals surface area contributed by atoms with Crippen molar-refractivity contribution in [2.24, 2.45) is 5.92 Å². The molecule has 0 bridgehead atoms. The van der Waals surface area contributed by atoms with Crippen LogP contribution in [-0.4, -0.2) is 49.3 Å². The first kappa shape index (κ1) is 14.8. The molecule has 3 nitrogen and oxygen atoms in total. The van der Waals surface area contributed by atoms with Gasteiger partial charge in [0.25, 0.3) is 0 Å². The van der Waals surface area contributed by atoms with E-state index in [1.807, 2.05) is 0 Å². The molecule has 3 rings (SSSR count). The number of likely N-dealkylation sites (N-methyl/N-ethyl adjacent to an activating group) is 1. The Morgan fingerprint density at radius 2 is 1.85 bits per heavy atom. The Hall–Kier alpha value is -0.120. The molecule has 20 heavy (non-hydrogen) atoms. The van der Waals surface area contributed by atoms with E-state index in [0.717, 1.165) is 25.6 Å². The van der Waals surface area contributed by atoms with E-state index in [9.17, 15) is 0 Å². The summed E-state index contributed by atoms with van der Waals surface area (Å²) in [4.78, 5) is 2.76. The van der Waals surface area contributed by atoms with E-state index in [4.69, 9.17) is 4.74 Å². The molecule has 1 saturated heterocycles. The van der Waals surface area contributed by atoms with Gasteiger partial charge < -0.3 is 10.1 Å². The van der Waals surface area contributed by atoms with Gasteiger partial charge in [0, 0.05) is 25.2 Å². The summed E-state index contributed by atoms with van der Waals surface area (Å²) in [6, 6.07) is 1.42. The highest BCUT2D eigenvalue weighted by Crippen LogP contribution is 2.31. The second kappa shape index (κ2) is 7.24. The highest BCUT2D eigenvalue weighted by Gasteiger charge is 2.36. The lowest BCUT2D eigenvalue weighted by molar-refractivity contribution is -0.0915. The van der Waals surface area contributed by atoms with Gasteiger partial charge in [-0.2, -0.15) is 0 Å². The topological polar surface area (TPSA) is 24.5 Å². The standard InChI is InChI=1S/C17H32N2O/c1-2-18-15(14-7-3-4-8-14)13-19-11-12-20-17-10-6-5-9-16(17)19/h14-18H,2-13H2,1H3. The van der Waals surface area contributed by atoms with Gasteiger partial charge in [0.05, 0.1) is 12.7 Å². The Morgan fingerprint density at radius 3 is 2.65 bits per heavy atom. The average Bonchev–Trinajstić information content (AvgIpc) is 3.01. The number of rotatable bonds is 5. The number of morpholine rings is 1. The second-order valence-electron chi connectivity index (χ2n) is 6.96. The molecule has 0 aromatic heterocycles. The molecule has 3 heteroatoms. The molecule has 1 heterocycles. The minimum atomic E-state index is 0.531. The smallest absolute Gasteiger partial charge is 0.0730 e. The number of ether oxygens (including phenoxy) is 1. The zero-order valence-corrected chi connectivity index (χ0v) is 13.2. The van der Waals surface area contributed by atoms with Crippen LogP contribution in [0.4, 0.5) is 0 Å². The predicted octanol–water partition coefficient (Wildman–Crippen LogP) is 2.80. The minimum absolute atomic E-state index is 0.531. The fourth-order valence-electron chi connectivity index (χ4n) is 4.66. The van der Waals surface area contributed by atoms with Gasteiger partial charge in [-0.25, -0.2) is 0 Å². The van der Waals surface area contributed by atoms with Crippen LogP contribution in [0.25, 0.3) is 0 Å². The molecule has 1 aliphatic heterocycles. The van der Waals surface area contributed by atoms with E-state index >= 15 is 0 Å². The van der Waals surface area contributed by atoms with Crippen LogP contribution in [0, 0.1) is 5.92 Å². The third-order valence-electron chi connectivity index (χ3n) is 5.71. The first-order chi connectivity index (χ1) is 9.88. The molecule has 3 fully saturated rings. The average molecular weight is 280 g/mol. The van der Waals surface area contributed by atoms with Crippen LogP contribution in [0.1, 0.15) is 58.3 Å². The van der Waals surface area contributed by atoms with Crippen molar-refractivity contribution >= 4 is 0 Å². The van der Waals surface area contributed by atoms with Crippen molar-refractivity contribution in [3.8, 4) is 0 Å². The summed E-state index contributed by atoms with van der Waals surface area (Å²) < 4.78 is 6.02. The Morgan fingerprint density at radius 1 is 1.10 bits per heavy atom. The molecule has 0 aromatic carbocycles. The van der Waals surface area contributed by atoms with Gasteiger partial charge in [0.1, 0.15) is 0 Å². The molecule has 2 saturated carbocycles. The summed E-state index contributed by atoms with van der Waals surface area (Å²) in [5.41, 5.74) is 0. The van der Waals surface area contributed by atoms with Gasteiger partial charge in [-0.05, 0) is 38.1 Å². The van der Waals surface area contributed by atoms with E-state index in [1.165, 1.54) is 57.9 Å². The van der Waals surface area contributed by atoms with Crippen LogP contribution in [0.5, 0.6) is 0 Å². The van der Waals surface area contributed by atoms with Gasteiger partial charge in [-0.15, -0.1) is 0 Å². The lowest BCUT2D eigenvalue weighted by Crippen LogP contribution is -2.57. The third-order valence-corrected chi connectivity index (χ3v) is 5.71. The molecular weight excluding hydrogens is 248 g/mol. The van der Waals surface area contributed by atoms with Crippen LogP contribution in [-0.2, 0) is 4.74 Å². The molecule has 3 unspecified atom stereocenters. The third kappa shape index (κ3) is 3.37. The van der Waals surface area contributed by atoms with Crippen molar-refractivity contribution < 1.29 is 4.74 Å². The van der Waals surface area contributed by atoms with Crippen LogP contribution in [0.3, 0.4) is 0 Å². The van der Waals surface area contributed by atoms with Crippen LogP contribution >= 0.6 is 0 Å². The van der Waals surface area contributed by atoms with E-state index in [2.05, 4.69) is 17.1 Å². The van der Waals surface area contributed by atoms with Crippen LogP contribution in [0.2, 0.25) is 0 Å². The normalized spacial score (nSPS) is 34.0. The fraction of sp³-hybridized carbons (Fsp3) is 1.00. The maximum atomic E-state index is 6.02. The van der Waals surface area contributed by atoms with Gasteiger partial charge in [-0.3, -0.25) is 4.90 Å². The quantitative estimate of drug-likeness (QED) is 0.838. The highest BCUT2D eigenvalue weighted by atomic mass is 16.5. The van der Waals surface area contributed by atoms with Crippen molar-refractivity contribution in [3.05, 3.63) is 0 Å². The molecule has 3 aliphatic rings. The van der Waals surface area contributed by atoms with E-state index < -0.39 is 0 Å². The van der Waals surface area contributed by atoms with E-state index in [1.54, 1.807) is 0 Å². The molecular formula is C17H32N2O. The molecule has 1 N–H and O–H groups in total. The molecule has 0 spiro atoms. The Bertz CT molecular complexity index is 289. The zero-order valence-electron chi connectivity index (χ0n) is 13.2. The van der Waals surface area contributed by atoms with Gasteiger partial charge in [0.2, 0.25) is 0 Å². The lowest BCUT2D eigenvalue weighted by Gasteiger charge is -2.45. The Labute approximate surface area is 124 Å². The Kier molecular flexibility index (Phi) is 5.36. The molecule has 0 amide bonds. The van der Waals surface area contributed by atoms with Crippen molar-refractivity contribution in [1.29, 1.82) is 0 Å². The summed E-state index contributed by atoms with van der Waals surface area (Å²) in [6.45, 7) is 6.72. The van der Waals surface area contributed by atoms with Crippen molar-refractivity contribution in [1.82, 2.24) is 10.2 Å². The number of nitrogens with one attached hydrogen (secondary N) is 1. The number of hydrogen-bond acceptors (Lipinski definition) is 3. The first-order valence-corrected chi connectivity index (χ1v) is 8.97. The summed E-state index contributed by atoms with van der Waals surface area (Å²) >= 11 is 0. The first-order valence-electron chi connectivity index (χ1n) is 8.97.